The van der Waals surface area contributed by atoms with Gasteiger partial charge in [-0.3, -0.25) is 4.79 Å². The minimum absolute atomic E-state index is 0.242. The van der Waals surface area contributed by atoms with E-state index in [1.807, 2.05) is 31.2 Å². The van der Waals surface area contributed by atoms with Crippen LogP contribution in [0.1, 0.15) is 73.7 Å². The molecule has 2 N–H and O–H groups in total. The van der Waals surface area contributed by atoms with E-state index in [1.54, 1.807) is 27.6 Å². The number of primary amides is 1. The van der Waals surface area contributed by atoms with Crippen molar-refractivity contribution in [2.75, 3.05) is 0 Å². The number of amides is 1. The number of halogens is 2. The molecule has 0 aliphatic carbocycles. The van der Waals surface area contributed by atoms with Crippen LogP contribution in [0.25, 0.3) is 5.69 Å². The highest BCUT2D eigenvalue weighted by atomic mass is 19.3. The molecule has 0 spiro atoms. The van der Waals surface area contributed by atoms with Gasteiger partial charge in [0.25, 0.3) is 5.91 Å². The third-order valence-electron chi connectivity index (χ3n) is 5.22. The fourth-order valence-corrected chi connectivity index (χ4v) is 3.43. The zero-order valence-electron chi connectivity index (χ0n) is 18.0. The summed E-state index contributed by atoms with van der Waals surface area (Å²) in [5, 5.41) is 4.18. The normalized spacial score (nSPS) is 11.7. The van der Waals surface area contributed by atoms with Crippen LogP contribution in [0.4, 0.5) is 8.78 Å². The molecular weight excluding hydrogens is 400 g/mol. The molecule has 0 bridgehead atoms. The number of hydrogen-bond acceptors (Lipinski definition) is 3. The Morgan fingerprint density at radius 3 is 2.45 bits per heavy atom. The number of alkyl halides is 2. The smallest absolute Gasteiger partial charge is 0.308 e. The SMILES string of the molecule is CCCCc1nc(C(F)(F)CCCC)nn1Cc1ccc(-n2cccc2C(N)=O)cc1. The van der Waals surface area contributed by atoms with Crippen LogP contribution in [-0.2, 0) is 18.9 Å². The highest BCUT2D eigenvalue weighted by molar-refractivity contribution is 5.91. The number of nitrogens with zero attached hydrogens (tertiary/aromatic N) is 4. The van der Waals surface area contributed by atoms with E-state index in [-0.39, 0.29) is 12.2 Å². The quantitative estimate of drug-likeness (QED) is 0.474. The Morgan fingerprint density at radius 1 is 1.10 bits per heavy atom. The van der Waals surface area contributed by atoms with E-state index in [2.05, 4.69) is 17.0 Å². The summed E-state index contributed by atoms with van der Waals surface area (Å²) < 4.78 is 32.4. The van der Waals surface area contributed by atoms with E-state index >= 15 is 0 Å². The van der Waals surface area contributed by atoms with Crippen molar-refractivity contribution < 1.29 is 13.6 Å². The molecule has 8 heteroatoms. The molecule has 0 radical (unpaired) electrons. The van der Waals surface area contributed by atoms with Gasteiger partial charge in [-0.2, -0.15) is 8.78 Å². The van der Waals surface area contributed by atoms with Gasteiger partial charge in [-0.1, -0.05) is 38.8 Å². The zero-order chi connectivity index (χ0) is 22.4. The number of hydrogen-bond donors (Lipinski definition) is 1. The number of rotatable bonds is 11. The summed E-state index contributed by atoms with van der Waals surface area (Å²) in [6.07, 6.45) is 5.07. The molecule has 0 fully saturated rings. The molecule has 6 nitrogen and oxygen atoms in total. The fourth-order valence-electron chi connectivity index (χ4n) is 3.43. The Balaban J connectivity index is 1.83. The van der Waals surface area contributed by atoms with E-state index in [1.165, 1.54) is 0 Å². The maximum atomic E-state index is 14.5. The molecular formula is C23H29F2N5O. The van der Waals surface area contributed by atoms with Crippen molar-refractivity contribution >= 4 is 5.91 Å². The van der Waals surface area contributed by atoms with Crippen LogP contribution in [0, 0.1) is 0 Å². The third-order valence-corrected chi connectivity index (χ3v) is 5.22. The summed E-state index contributed by atoms with van der Waals surface area (Å²) in [5.74, 6) is -3.33. The first-order valence-corrected chi connectivity index (χ1v) is 10.7. The fraction of sp³-hybridized carbons (Fsp3) is 0.435. The summed E-state index contributed by atoms with van der Waals surface area (Å²) in [6.45, 7) is 4.29. The van der Waals surface area contributed by atoms with Gasteiger partial charge in [0.15, 0.2) is 0 Å². The topological polar surface area (TPSA) is 78.7 Å². The summed E-state index contributed by atoms with van der Waals surface area (Å²) >= 11 is 0. The lowest BCUT2D eigenvalue weighted by molar-refractivity contribution is -0.0245. The molecule has 0 atom stereocenters. The maximum Gasteiger partial charge on any atom is 0.308 e. The molecule has 0 saturated carbocycles. The van der Waals surface area contributed by atoms with E-state index in [0.717, 1.165) is 24.1 Å². The van der Waals surface area contributed by atoms with Crippen LogP contribution in [0.3, 0.4) is 0 Å². The van der Waals surface area contributed by atoms with Crippen molar-refractivity contribution in [1.29, 1.82) is 0 Å². The number of benzene rings is 1. The molecule has 0 unspecified atom stereocenters. The number of unbranched alkanes of at least 4 members (excludes halogenated alkanes) is 2. The molecule has 3 aromatic rings. The predicted octanol–water partition coefficient (Wildman–Crippen LogP) is 4.84. The molecule has 1 aromatic carbocycles. The Morgan fingerprint density at radius 2 is 1.81 bits per heavy atom. The summed E-state index contributed by atoms with van der Waals surface area (Å²) in [5.41, 5.74) is 7.50. The monoisotopic (exact) mass is 429 g/mol. The van der Waals surface area contributed by atoms with Crippen molar-refractivity contribution in [2.45, 2.75) is 64.8 Å². The predicted molar refractivity (Wildman–Crippen MR) is 115 cm³/mol. The number of carbonyl (C=O) groups excluding carboxylic acids is 1. The summed E-state index contributed by atoms with van der Waals surface area (Å²) in [7, 11) is 0. The van der Waals surface area contributed by atoms with Crippen LogP contribution in [0.5, 0.6) is 0 Å². The largest absolute Gasteiger partial charge is 0.364 e. The lowest BCUT2D eigenvalue weighted by Crippen LogP contribution is -2.16. The van der Waals surface area contributed by atoms with E-state index in [4.69, 9.17) is 5.73 Å². The third kappa shape index (κ3) is 5.37. The van der Waals surface area contributed by atoms with Crippen LogP contribution in [0.2, 0.25) is 0 Å². The Bertz CT molecular complexity index is 1010. The van der Waals surface area contributed by atoms with Gasteiger partial charge in [0.05, 0.1) is 6.54 Å². The molecule has 0 aliphatic rings. The van der Waals surface area contributed by atoms with Gasteiger partial charge in [-0.15, -0.1) is 5.10 Å². The highest BCUT2D eigenvalue weighted by Gasteiger charge is 2.36. The van der Waals surface area contributed by atoms with Crippen LogP contribution in [0.15, 0.2) is 42.6 Å². The summed E-state index contributed by atoms with van der Waals surface area (Å²) in [4.78, 5) is 15.8. The molecule has 2 heterocycles. The van der Waals surface area contributed by atoms with E-state index < -0.39 is 11.8 Å². The lowest BCUT2D eigenvalue weighted by atomic mass is 10.1. The molecule has 31 heavy (non-hydrogen) atoms. The van der Waals surface area contributed by atoms with Gasteiger partial charge >= 0.3 is 5.92 Å². The second kappa shape index (κ2) is 9.85. The lowest BCUT2D eigenvalue weighted by Gasteiger charge is -2.11. The number of nitrogens with two attached hydrogens (primary N) is 1. The van der Waals surface area contributed by atoms with Gasteiger partial charge in [0.2, 0.25) is 5.82 Å². The average molecular weight is 430 g/mol. The van der Waals surface area contributed by atoms with Gasteiger partial charge in [-0.05, 0) is 42.7 Å². The molecule has 0 saturated heterocycles. The van der Waals surface area contributed by atoms with Crippen LogP contribution >= 0.6 is 0 Å². The van der Waals surface area contributed by atoms with Crippen molar-refractivity contribution in [3.05, 3.63) is 65.5 Å². The van der Waals surface area contributed by atoms with Crippen molar-refractivity contribution in [3.63, 3.8) is 0 Å². The van der Waals surface area contributed by atoms with Crippen LogP contribution < -0.4 is 5.73 Å². The first kappa shape index (κ1) is 22.7. The number of carbonyl (C=O) groups is 1. The van der Waals surface area contributed by atoms with E-state index in [9.17, 15) is 13.6 Å². The molecule has 1 amide bonds. The minimum Gasteiger partial charge on any atom is -0.364 e. The van der Waals surface area contributed by atoms with Gasteiger partial charge in [0, 0.05) is 24.7 Å². The van der Waals surface area contributed by atoms with Gasteiger partial charge < -0.3 is 10.3 Å². The molecule has 2 aromatic heterocycles. The maximum absolute atomic E-state index is 14.5. The van der Waals surface area contributed by atoms with E-state index in [0.29, 0.717) is 37.3 Å². The van der Waals surface area contributed by atoms with Gasteiger partial charge in [0.1, 0.15) is 11.5 Å². The first-order valence-electron chi connectivity index (χ1n) is 10.7. The van der Waals surface area contributed by atoms with Gasteiger partial charge in [-0.25, -0.2) is 9.67 Å². The second-order valence-electron chi connectivity index (χ2n) is 7.71. The molecule has 166 valence electrons. The van der Waals surface area contributed by atoms with Crippen molar-refractivity contribution in [1.82, 2.24) is 19.3 Å². The average Bonchev–Trinajstić information content (AvgIpc) is 3.39. The second-order valence-corrected chi connectivity index (χ2v) is 7.71. The number of aryl methyl sites for hydroxylation is 1. The Labute approximate surface area is 181 Å². The Kier molecular flexibility index (Phi) is 7.20. The minimum atomic E-state index is -3.02. The summed E-state index contributed by atoms with van der Waals surface area (Å²) in [6, 6.07) is 10.9. The van der Waals surface area contributed by atoms with Crippen molar-refractivity contribution in [2.24, 2.45) is 5.73 Å². The van der Waals surface area contributed by atoms with Crippen LogP contribution in [-0.4, -0.2) is 25.2 Å². The first-order chi connectivity index (χ1) is 14.9. The zero-order valence-corrected chi connectivity index (χ0v) is 18.0. The van der Waals surface area contributed by atoms with Crippen molar-refractivity contribution in [3.8, 4) is 5.69 Å². The standard InChI is InChI=1S/C23H29F2N5O/c1-3-5-9-20-27-22(23(24,25)14-6-4-2)28-30(20)16-17-10-12-18(13-11-17)29-15-7-8-19(29)21(26)31/h7-8,10-13,15H,3-6,9,14,16H2,1-2H3,(H2,26,31). The Hall–Kier alpha value is -3.03. The molecule has 0 aliphatic heterocycles. The highest BCUT2D eigenvalue weighted by Crippen LogP contribution is 2.31. The number of aromatic nitrogens is 4. The molecule has 3 rings (SSSR count).